The van der Waals surface area contributed by atoms with E-state index < -0.39 is 49.3 Å². The first-order valence-corrected chi connectivity index (χ1v) is 11.3. The second-order valence-electron chi connectivity index (χ2n) is 8.12. The van der Waals surface area contributed by atoms with Gasteiger partial charge < -0.3 is 15.5 Å². The van der Waals surface area contributed by atoms with E-state index in [1.54, 1.807) is 5.32 Å². The van der Waals surface area contributed by atoms with Crippen molar-refractivity contribution in [1.82, 2.24) is 20.0 Å². The third-order valence-electron chi connectivity index (χ3n) is 5.50. The van der Waals surface area contributed by atoms with Crippen LogP contribution in [0.5, 0.6) is 0 Å². The van der Waals surface area contributed by atoms with E-state index in [1.165, 1.54) is 35.0 Å². The summed E-state index contributed by atoms with van der Waals surface area (Å²) in [5, 5.41) is 7.39. The molecule has 0 bridgehead atoms. The Morgan fingerprint density at radius 3 is 2.37 bits per heavy atom. The van der Waals surface area contributed by atoms with Crippen LogP contribution in [0, 0.1) is 0 Å². The first-order chi connectivity index (χ1) is 17.7. The van der Waals surface area contributed by atoms with Gasteiger partial charge in [-0.25, -0.2) is 4.98 Å². The summed E-state index contributed by atoms with van der Waals surface area (Å²) in [6.07, 6.45) is -7.70. The Morgan fingerprint density at radius 2 is 1.74 bits per heavy atom. The average molecular weight is 582 g/mol. The predicted molar refractivity (Wildman–Crippen MR) is 123 cm³/mol. The van der Waals surface area contributed by atoms with Gasteiger partial charge in [-0.15, -0.1) is 0 Å². The molecule has 0 fully saturated rings. The molecule has 1 atom stereocenters. The summed E-state index contributed by atoms with van der Waals surface area (Å²) in [6, 6.07) is 5.94. The quantitative estimate of drug-likeness (QED) is 0.415. The van der Waals surface area contributed by atoms with Gasteiger partial charge in [-0.3, -0.25) is 14.0 Å². The van der Waals surface area contributed by atoms with Crippen molar-refractivity contribution in [3.05, 3.63) is 69.6 Å². The van der Waals surface area contributed by atoms with E-state index >= 15 is 0 Å². The van der Waals surface area contributed by atoms with Gasteiger partial charge in [0, 0.05) is 33.6 Å². The summed E-state index contributed by atoms with van der Waals surface area (Å²) in [5.74, 6) is -1.92. The van der Waals surface area contributed by atoms with Crippen molar-refractivity contribution in [2.24, 2.45) is 5.16 Å². The van der Waals surface area contributed by atoms with Gasteiger partial charge in [0.05, 0.1) is 18.7 Å². The summed E-state index contributed by atoms with van der Waals surface area (Å²) in [6.45, 7) is -2.31. The van der Waals surface area contributed by atoms with Gasteiger partial charge in [0.1, 0.15) is 17.9 Å². The number of halogens is 8. The van der Waals surface area contributed by atoms with Crippen LogP contribution in [0.2, 0.25) is 10.0 Å². The van der Waals surface area contributed by atoms with Gasteiger partial charge >= 0.3 is 12.4 Å². The topological polar surface area (TPSA) is 97.1 Å². The van der Waals surface area contributed by atoms with Gasteiger partial charge in [-0.2, -0.15) is 26.3 Å². The van der Waals surface area contributed by atoms with Crippen LogP contribution in [0.1, 0.15) is 28.0 Å². The van der Waals surface area contributed by atoms with Crippen LogP contribution in [0.3, 0.4) is 0 Å². The molecule has 1 unspecified atom stereocenters. The monoisotopic (exact) mass is 581 g/mol. The van der Waals surface area contributed by atoms with Crippen molar-refractivity contribution in [3.8, 4) is 0 Å². The maximum atomic E-state index is 14.3. The van der Waals surface area contributed by atoms with Crippen LogP contribution in [0.25, 0.3) is 5.65 Å². The van der Waals surface area contributed by atoms with Crippen molar-refractivity contribution < 1.29 is 40.8 Å². The van der Waals surface area contributed by atoms with E-state index in [0.717, 1.165) is 12.1 Å². The number of alkyl halides is 6. The number of carbonyl (C=O) groups is 2. The van der Waals surface area contributed by atoms with Gasteiger partial charge in [-0.1, -0.05) is 28.4 Å². The van der Waals surface area contributed by atoms with Crippen LogP contribution < -0.4 is 10.6 Å². The Morgan fingerprint density at radius 1 is 1.05 bits per heavy atom. The summed E-state index contributed by atoms with van der Waals surface area (Å²) in [4.78, 5) is 33.2. The molecule has 8 nitrogen and oxygen atoms in total. The molecule has 1 aliphatic heterocycles. The van der Waals surface area contributed by atoms with Gasteiger partial charge in [0.25, 0.3) is 11.5 Å². The fourth-order valence-corrected chi connectivity index (χ4v) is 4.30. The van der Waals surface area contributed by atoms with Crippen molar-refractivity contribution in [2.45, 2.75) is 24.4 Å². The molecule has 2 N–H and O–H groups in total. The number of benzene rings is 1. The molecule has 16 heteroatoms. The highest BCUT2D eigenvalue weighted by molar-refractivity contribution is 6.34. The molecule has 38 heavy (non-hydrogen) atoms. The molecular weight excluding hydrogens is 567 g/mol. The number of aromatic nitrogens is 2. The molecule has 1 aromatic carbocycles. The van der Waals surface area contributed by atoms with Gasteiger partial charge in [0.2, 0.25) is 5.91 Å². The fraction of sp³-hybridized carbons (Fsp3) is 0.273. The number of pyridine rings is 1. The van der Waals surface area contributed by atoms with E-state index in [0.29, 0.717) is 0 Å². The van der Waals surface area contributed by atoms with Crippen LogP contribution in [-0.2, 0) is 15.2 Å². The Hall–Kier alpha value is -3.52. The molecule has 0 spiro atoms. The lowest BCUT2D eigenvalue weighted by Crippen LogP contribution is -2.42. The lowest BCUT2D eigenvalue weighted by atomic mass is 9.86. The molecule has 0 aliphatic carbocycles. The minimum atomic E-state index is -4.93. The van der Waals surface area contributed by atoms with E-state index in [-0.39, 0.29) is 38.2 Å². The molecule has 2 aromatic heterocycles. The van der Waals surface area contributed by atoms with Crippen LogP contribution in [-0.4, -0.2) is 52.4 Å². The Bertz CT molecular complexity index is 1420. The average Bonchev–Trinajstić information content (AvgIpc) is 3.48. The number of oxime groups is 1. The zero-order chi connectivity index (χ0) is 27.9. The summed E-state index contributed by atoms with van der Waals surface area (Å²) in [5.41, 5.74) is -3.31. The van der Waals surface area contributed by atoms with E-state index in [1.807, 2.05) is 0 Å². The first kappa shape index (κ1) is 27.5. The lowest BCUT2D eigenvalue weighted by Gasteiger charge is -2.29. The number of nitrogens with one attached hydrogen (secondary N) is 2. The largest absolute Gasteiger partial charge is 0.435 e. The standard InChI is InChI=1S/C22H15Cl2F6N5O3/c23-12-5-11(6-13(24)7-12)20(22(28,29)30)8-15(34-38-20)14-1-2-16(35-4-3-31-18(14)35)19(37)32-9-17(36)33-10-21(25,26)27/h1-7H,8-10H2,(H,32,37)(H,33,36). The fourth-order valence-electron chi connectivity index (χ4n) is 3.77. The second kappa shape index (κ2) is 9.98. The number of hydrogen-bond donors (Lipinski definition) is 2. The maximum Gasteiger partial charge on any atom is 0.435 e. The van der Waals surface area contributed by atoms with Gasteiger partial charge in [0.15, 0.2) is 0 Å². The normalized spacial score (nSPS) is 17.7. The number of fused-ring (bicyclic) bond motifs is 1. The number of imidazole rings is 1. The number of nitrogens with zero attached hydrogens (tertiary/aromatic N) is 3. The van der Waals surface area contributed by atoms with E-state index in [2.05, 4.69) is 15.5 Å². The van der Waals surface area contributed by atoms with Crippen LogP contribution >= 0.6 is 23.2 Å². The van der Waals surface area contributed by atoms with Gasteiger partial charge in [-0.05, 0) is 30.3 Å². The summed E-state index contributed by atoms with van der Waals surface area (Å²) >= 11 is 11.8. The zero-order valence-electron chi connectivity index (χ0n) is 18.8. The minimum Gasteiger partial charge on any atom is -0.374 e. The number of rotatable bonds is 6. The molecule has 0 saturated carbocycles. The predicted octanol–water partition coefficient (Wildman–Crippen LogP) is 4.63. The smallest absolute Gasteiger partial charge is 0.374 e. The maximum absolute atomic E-state index is 14.3. The Labute approximate surface area is 219 Å². The van der Waals surface area contributed by atoms with Crippen molar-refractivity contribution >= 4 is 46.4 Å². The third-order valence-corrected chi connectivity index (χ3v) is 5.94. The highest BCUT2D eigenvalue weighted by atomic mass is 35.5. The molecular formula is C22H15Cl2F6N5O3. The second-order valence-corrected chi connectivity index (χ2v) is 8.99. The molecule has 0 saturated heterocycles. The highest BCUT2D eigenvalue weighted by Gasteiger charge is 2.62. The summed E-state index contributed by atoms with van der Waals surface area (Å²) in [7, 11) is 0. The van der Waals surface area contributed by atoms with Crippen molar-refractivity contribution in [3.63, 3.8) is 0 Å². The molecule has 0 radical (unpaired) electrons. The lowest BCUT2D eigenvalue weighted by molar-refractivity contribution is -0.275. The van der Waals surface area contributed by atoms with Crippen molar-refractivity contribution in [2.75, 3.05) is 13.1 Å². The molecule has 202 valence electrons. The van der Waals surface area contributed by atoms with Crippen LogP contribution in [0.15, 0.2) is 47.9 Å². The SMILES string of the molecule is O=C(CNC(=O)c1ccc(C2=NOC(c3cc(Cl)cc(Cl)c3)(C(F)(F)F)C2)c2nccn12)NCC(F)(F)F. The third kappa shape index (κ3) is 5.50. The molecule has 3 aromatic rings. The minimum absolute atomic E-state index is 0.0359. The first-order valence-electron chi connectivity index (χ1n) is 10.6. The number of amides is 2. The van der Waals surface area contributed by atoms with E-state index in [4.69, 9.17) is 28.0 Å². The highest BCUT2D eigenvalue weighted by Crippen LogP contribution is 2.49. The van der Waals surface area contributed by atoms with Crippen molar-refractivity contribution in [1.29, 1.82) is 0 Å². The number of hydrogen-bond acceptors (Lipinski definition) is 5. The zero-order valence-corrected chi connectivity index (χ0v) is 20.3. The molecule has 4 rings (SSSR count). The number of carbonyl (C=O) groups excluding carboxylic acids is 2. The molecule has 2 amide bonds. The van der Waals surface area contributed by atoms with Crippen LogP contribution in [0.4, 0.5) is 26.3 Å². The Kier molecular flexibility index (Phi) is 7.23. The Balaban J connectivity index is 1.58. The molecule has 1 aliphatic rings. The molecule has 3 heterocycles. The summed E-state index contributed by atoms with van der Waals surface area (Å²) < 4.78 is 80.8. The van der Waals surface area contributed by atoms with E-state index in [9.17, 15) is 35.9 Å².